The van der Waals surface area contributed by atoms with Gasteiger partial charge in [-0.1, -0.05) is 35.9 Å². The van der Waals surface area contributed by atoms with Crippen LogP contribution in [-0.2, 0) is 12.8 Å². The molecule has 94 valence electrons. The number of fused-ring (bicyclic) bond motifs is 1. The molecular weight excluding hydrogens is 264 g/mol. The summed E-state index contributed by atoms with van der Waals surface area (Å²) in [7, 11) is 0. The second-order valence-electron chi connectivity index (χ2n) is 4.99. The monoisotopic (exact) mass is 278 g/mol. The van der Waals surface area contributed by atoms with Crippen LogP contribution in [0.4, 0.5) is 0 Å². The van der Waals surface area contributed by atoms with Crippen LogP contribution in [0, 0.1) is 12.8 Å². The Balaban J connectivity index is 1.82. The number of hydrogen-bond donors (Lipinski definition) is 1. The molecule has 3 heteroatoms. The van der Waals surface area contributed by atoms with Gasteiger partial charge in [0.1, 0.15) is 0 Å². The van der Waals surface area contributed by atoms with E-state index in [-0.39, 0.29) is 5.92 Å². The normalized spacial score (nSPS) is 16.8. The second kappa shape index (κ2) is 4.69. The van der Waals surface area contributed by atoms with Crippen LogP contribution in [0.2, 0.25) is 4.34 Å². The maximum absolute atomic E-state index is 10.5. The molecule has 1 aromatic heterocycles. The molecule has 1 aliphatic rings. The van der Waals surface area contributed by atoms with Crippen LogP contribution < -0.4 is 0 Å². The van der Waals surface area contributed by atoms with E-state index in [2.05, 4.69) is 24.3 Å². The van der Waals surface area contributed by atoms with Crippen LogP contribution in [0.15, 0.2) is 30.3 Å². The van der Waals surface area contributed by atoms with Crippen LogP contribution in [0.1, 0.15) is 27.7 Å². The van der Waals surface area contributed by atoms with Crippen molar-refractivity contribution in [3.63, 3.8) is 0 Å². The Hall–Kier alpha value is -0.830. The topological polar surface area (TPSA) is 20.2 Å². The van der Waals surface area contributed by atoms with Crippen molar-refractivity contribution < 1.29 is 5.11 Å². The van der Waals surface area contributed by atoms with E-state index in [9.17, 15) is 5.11 Å². The van der Waals surface area contributed by atoms with Crippen LogP contribution in [0.5, 0.6) is 0 Å². The van der Waals surface area contributed by atoms with Gasteiger partial charge in [-0.25, -0.2) is 0 Å². The van der Waals surface area contributed by atoms with Crippen molar-refractivity contribution in [3.05, 3.63) is 56.2 Å². The Morgan fingerprint density at radius 3 is 2.39 bits per heavy atom. The van der Waals surface area contributed by atoms with Gasteiger partial charge < -0.3 is 5.11 Å². The summed E-state index contributed by atoms with van der Waals surface area (Å²) in [4.78, 5) is 0.996. The van der Waals surface area contributed by atoms with Gasteiger partial charge in [0, 0.05) is 4.88 Å². The van der Waals surface area contributed by atoms with Gasteiger partial charge in [0.2, 0.25) is 0 Å². The molecule has 0 fully saturated rings. The number of benzene rings is 1. The third-order valence-electron chi connectivity index (χ3n) is 3.70. The third-order valence-corrected chi connectivity index (χ3v) is 5.32. The van der Waals surface area contributed by atoms with Crippen LogP contribution in [-0.4, -0.2) is 5.11 Å². The van der Waals surface area contributed by atoms with Crippen molar-refractivity contribution in [1.82, 2.24) is 0 Å². The van der Waals surface area contributed by atoms with Gasteiger partial charge in [0.25, 0.3) is 0 Å². The molecule has 1 N–H and O–H groups in total. The van der Waals surface area contributed by atoms with Gasteiger partial charge in [0.05, 0.1) is 10.4 Å². The minimum atomic E-state index is -0.395. The zero-order valence-corrected chi connectivity index (χ0v) is 11.8. The molecule has 18 heavy (non-hydrogen) atoms. The highest BCUT2D eigenvalue weighted by molar-refractivity contribution is 7.16. The largest absolute Gasteiger partial charge is 0.387 e. The first kappa shape index (κ1) is 12.2. The Morgan fingerprint density at radius 1 is 1.28 bits per heavy atom. The van der Waals surface area contributed by atoms with E-state index in [1.54, 1.807) is 0 Å². The summed E-state index contributed by atoms with van der Waals surface area (Å²) in [5, 5.41) is 10.5. The zero-order chi connectivity index (χ0) is 12.7. The first-order valence-corrected chi connectivity index (χ1v) is 7.35. The summed E-state index contributed by atoms with van der Waals surface area (Å²) in [5.41, 5.74) is 3.81. The highest BCUT2D eigenvalue weighted by Gasteiger charge is 2.29. The smallest absolute Gasteiger partial charge is 0.0961 e. The van der Waals surface area contributed by atoms with Gasteiger partial charge in [-0.2, -0.15) is 0 Å². The van der Waals surface area contributed by atoms with Crippen LogP contribution in [0.25, 0.3) is 0 Å². The number of rotatable bonds is 2. The second-order valence-corrected chi connectivity index (χ2v) is 6.67. The fourth-order valence-corrected chi connectivity index (χ4v) is 3.98. The summed E-state index contributed by atoms with van der Waals surface area (Å²) in [6, 6.07) is 10.5. The molecule has 0 amide bonds. The van der Waals surface area contributed by atoms with Gasteiger partial charge in [0.15, 0.2) is 0 Å². The van der Waals surface area contributed by atoms with E-state index in [0.29, 0.717) is 0 Å². The summed E-state index contributed by atoms with van der Waals surface area (Å²) in [5.74, 6) is 0.288. The standard InChI is InChI=1S/C15H15ClOS/c1-9-6-13(18-15(9)16)14(17)12-7-10-4-2-3-5-11(10)8-12/h2-6,12,14,17H,7-8H2,1H3. The van der Waals surface area contributed by atoms with E-state index in [0.717, 1.165) is 27.6 Å². The molecule has 2 aromatic rings. The molecule has 1 aromatic carbocycles. The van der Waals surface area contributed by atoms with Crippen molar-refractivity contribution in [2.24, 2.45) is 5.92 Å². The Kier molecular flexibility index (Phi) is 3.18. The van der Waals surface area contributed by atoms with Crippen molar-refractivity contribution in [3.8, 4) is 0 Å². The molecule has 1 nitrogen and oxygen atoms in total. The predicted octanol–water partition coefficient (Wildman–Crippen LogP) is 4.16. The number of aliphatic hydroxyl groups excluding tert-OH is 1. The number of aryl methyl sites for hydroxylation is 1. The molecule has 1 heterocycles. The number of halogens is 1. The maximum atomic E-state index is 10.5. The molecule has 0 saturated carbocycles. The lowest BCUT2D eigenvalue weighted by Crippen LogP contribution is -2.11. The third kappa shape index (κ3) is 2.09. The number of aliphatic hydroxyl groups is 1. The van der Waals surface area contributed by atoms with E-state index in [1.165, 1.54) is 22.5 Å². The molecular formula is C15H15ClOS. The van der Waals surface area contributed by atoms with Gasteiger partial charge in [-0.3, -0.25) is 0 Å². The van der Waals surface area contributed by atoms with Crippen molar-refractivity contribution in [1.29, 1.82) is 0 Å². The summed E-state index contributed by atoms with van der Waals surface area (Å²) in [6.07, 6.45) is 1.53. The van der Waals surface area contributed by atoms with E-state index in [4.69, 9.17) is 11.6 Å². The highest BCUT2D eigenvalue weighted by Crippen LogP contribution is 2.39. The van der Waals surface area contributed by atoms with E-state index >= 15 is 0 Å². The Morgan fingerprint density at radius 2 is 1.89 bits per heavy atom. The van der Waals surface area contributed by atoms with Crippen molar-refractivity contribution in [2.75, 3.05) is 0 Å². The fraction of sp³-hybridized carbons (Fsp3) is 0.333. The number of hydrogen-bond acceptors (Lipinski definition) is 2. The van der Waals surface area contributed by atoms with Crippen LogP contribution in [0.3, 0.4) is 0 Å². The predicted molar refractivity (Wildman–Crippen MR) is 76.4 cm³/mol. The SMILES string of the molecule is Cc1cc(C(O)C2Cc3ccccc3C2)sc1Cl. The molecule has 3 rings (SSSR count). The molecule has 0 bridgehead atoms. The van der Waals surface area contributed by atoms with Gasteiger partial charge >= 0.3 is 0 Å². The summed E-state index contributed by atoms with van der Waals surface area (Å²) >= 11 is 7.58. The minimum Gasteiger partial charge on any atom is -0.387 e. The maximum Gasteiger partial charge on any atom is 0.0961 e. The van der Waals surface area contributed by atoms with Crippen molar-refractivity contribution >= 4 is 22.9 Å². The summed E-state index contributed by atoms with van der Waals surface area (Å²) in [6.45, 7) is 1.98. The van der Waals surface area contributed by atoms with E-state index in [1.807, 2.05) is 13.0 Å². The first-order chi connectivity index (χ1) is 8.65. The van der Waals surface area contributed by atoms with Crippen LogP contribution >= 0.6 is 22.9 Å². The molecule has 0 spiro atoms. The van der Waals surface area contributed by atoms with Gasteiger partial charge in [-0.05, 0) is 48.4 Å². The fourth-order valence-electron chi connectivity index (χ4n) is 2.68. The average molecular weight is 279 g/mol. The average Bonchev–Trinajstić information content (AvgIpc) is 2.93. The van der Waals surface area contributed by atoms with E-state index < -0.39 is 6.10 Å². The lowest BCUT2D eigenvalue weighted by molar-refractivity contribution is 0.117. The number of thiophene rings is 1. The molecule has 0 aliphatic heterocycles. The molecule has 0 radical (unpaired) electrons. The molecule has 1 unspecified atom stereocenters. The van der Waals surface area contributed by atoms with Gasteiger partial charge in [-0.15, -0.1) is 11.3 Å². The molecule has 1 atom stereocenters. The van der Waals surface area contributed by atoms with Crippen molar-refractivity contribution in [2.45, 2.75) is 25.9 Å². The minimum absolute atomic E-state index is 0.288. The Bertz CT molecular complexity index is 531. The highest BCUT2D eigenvalue weighted by atomic mass is 35.5. The molecule has 0 saturated heterocycles. The Labute approximate surface area is 116 Å². The summed E-state index contributed by atoms with van der Waals surface area (Å²) < 4.78 is 0.791. The quantitative estimate of drug-likeness (QED) is 0.875. The zero-order valence-electron chi connectivity index (χ0n) is 10.2. The molecule has 1 aliphatic carbocycles. The lowest BCUT2D eigenvalue weighted by Gasteiger charge is -2.15. The first-order valence-electron chi connectivity index (χ1n) is 6.16. The lowest BCUT2D eigenvalue weighted by atomic mass is 9.98.